The van der Waals surface area contributed by atoms with Gasteiger partial charge in [0.2, 0.25) is 0 Å². The van der Waals surface area contributed by atoms with Gasteiger partial charge in [-0.1, -0.05) is 24.3 Å². The van der Waals surface area contributed by atoms with E-state index in [2.05, 4.69) is 5.32 Å². The number of benzene rings is 3. The smallest absolute Gasteiger partial charge is 0.322 e. The second kappa shape index (κ2) is 8.51. The summed E-state index contributed by atoms with van der Waals surface area (Å²) < 4.78 is 81.0. The zero-order chi connectivity index (χ0) is 23.8. The van der Waals surface area contributed by atoms with E-state index in [1.54, 1.807) is 24.3 Å². The highest BCUT2D eigenvalue weighted by Crippen LogP contribution is 2.33. The topological polar surface area (TPSA) is 66.5 Å². The fourth-order valence-electron chi connectivity index (χ4n) is 3.69. The molecule has 33 heavy (non-hydrogen) atoms. The van der Waals surface area contributed by atoms with Crippen LogP contribution in [-0.4, -0.2) is 20.9 Å². The molecule has 5 nitrogen and oxygen atoms in total. The monoisotopic (exact) mass is 478 g/mol. The Balaban J connectivity index is 1.66. The summed E-state index contributed by atoms with van der Waals surface area (Å²) >= 11 is 0. The summed E-state index contributed by atoms with van der Waals surface area (Å²) in [7, 11) is -4.33. The molecular formula is C23H18F4N2O3S. The number of carbonyl (C=O) groups is 1. The number of para-hydroxylation sites is 1. The van der Waals surface area contributed by atoms with E-state index < -0.39 is 38.4 Å². The van der Waals surface area contributed by atoms with Crippen molar-refractivity contribution in [1.82, 2.24) is 0 Å². The van der Waals surface area contributed by atoms with E-state index in [1.165, 1.54) is 6.07 Å². The molecule has 10 heteroatoms. The van der Waals surface area contributed by atoms with Gasteiger partial charge in [0.05, 0.1) is 11.3 Å². The lowest BCUT2D eigenvalue weighted by molar-refractivity contribution is -0.137. The van der Waals surface area contributed by atoms with Crippen molar-refractivity contribution in [2.45, 2.75) is 23.9 Å². The molecule has 0 atom stereocenters. The number of hydrogen-bond donors (Lipinski definition) is 1. The summed E-state index contributed by atoms with van der Waals surface area (Å²) in [6, 6.07) is 13.7. The van der Waals surface area contributed by atoms with Crippen LogP contribution in [0.1, 0.15) is 27.9 Å². The zero-order valence-corrected chi connectivity index (χ0v) is 17.9. The molecule has 0 saturated heterocycles. The number of amides is 1. The summed E-state index contributed by atoms with van der Waals surface area (Å²) in [6.07, 6.45) is -3.36. The van der Waals surface area contributed by atoms with Gasteiger partial charge in [0.15, 0.2) is 0 Å². The van der Waals surface area contributed by atoms with Crippen LogP contribution >= 0.6 is 0 Å². The van der Waals surface area contributed by atoms with Crippen molar-refractivity contribution < 1.29 is 30.8 Å². The standard InChI is InChI=1S/C23H18F4N2O3S/c24-19-11-10-16(22(30)28-18-8-3-7-17(14-18)23(25,26)27)13-21(19)33(31,32)29-12-4-6-15-5-1-2-9-20(15)29/h1-3,5,7-11,13-14H,4,6,12H2,(H,28,30). The number of halogens is 4. The molecule has 0 fully saturated rings. The van der Waals surface area contributed by atoms with Crippen LogP contribution in [0.2, 0.25) is 0 Å². The lowest BCUT2D eigenvalue weighted by atomic mass is 10.0. The quantitative estimate of drug-likeness (QED) is 0.522. The van der Waals surface area contributed by atoms with Gasteiger partial charge in [0.25, 0.3) is 15.9 Å². The summed E-state index contributed by atoms with van der Waals surface area (Å²) in [5.74, 6) is -1.90. The van der Waals surface area contributed by atoms with E-state index in [9.17, 15) is 30.8 Å². The molecule has 0 radical (unpaired) electrons. The van der Waals surface area contributed by atoms with Crippen molar-refractivity contribution in [2.75, 3.05) is 16.2 Å². The van der Waals surface area contributed by atoms with Crippen LogP contribution < -0.4 is 9.62 Å². The highest BCUT2D eigenvalue weighted by molar-refractivity contribution is 7.92. The number of sulfonamides is 1. The summed E-state index contributed by atoms with van der Waals surface area (Å²) in [5.41, 5.74) is -0.0363. The third kappa shape index (κ3) is 4.56. The van der Waals surface area contributed by atoms with Crippen molar-refractivity contribution in [2.24, 2.45) is 0 Å². The minimum atomic E-state index is -4.59. The number of alkyl halides is 3. The van der Waals surface area contributed by atoms with Crippen LogP contribution in [0.3, 0.4) is 0 Å². The molecule has 4 rings (SSSR count). The first kappa shape index (κ1) is 22.8. The van der Waals surface area contributed by atoms with Crippen molar-refractivity contribution in [1.29, 1.82) is 0 Å². The van der Waals surface area contributed by atoms with E-state index >= 15 is 0 Å². The molecule has 0 unspecified atom stereocenters. The van der Waals surface area contributed by atoms with Crippen LogP contribution in [0.25, 0.3) is 0 Å². The molecule has 3 aromatic rings. The van der Waals surface area contributed by atoms with Gasteiger partial charge in [-0.05, 0) is 60.9 Å². The highest BCUT2D eigenvalue weighted by Gasteiger charge is 2.32. The number of rotatable bonds is 4. The van der Waals surface area contributed by atoms with Gasteiger partial charge in [0.1, 0.15) is 10.7 Å². The zero-order valence-electron chi connectivity index (χ0n) is 17.1. The molecule has 172 valence electrons. The number of anilines is 2. The van der Waals surface area contributed by atoms with Crippen molar-refractivity contribution in [3.05, 3.63) is 89.2 Å². The lowest BCUT2D eigenvalue weighted by Gasteiger charge is -2.30. The van der Waals surface area contributed by atoms with E-state index in [4.69, 9.17) is 0 Å². The summed E-state index contributed by atoms with van der Waals surface area (Å²) in [5, 5.41) is 2.29. The van der Waals surface area contributed by atoms with Crippen LogP contribution in [-0.2, 0) is 22.6 Å². The molecule has 1 N–H and O–H groups in total. The van der Waals surface area contributed by atoms with E-state index in [-0.39, 0.29) is 17.8 Å². The van der Waals surface area contributed by atoms with Crippen molar-refractivity contribution in [3.8, 4) is 0 Å². The maximum atomic E-state index is 14.6. The average Bonchev–Trinajstić information content (AvgIpc) is 2.78. The third-order valence-electron chi connectivity index (χ3n) is 5.28. The molecule has 0 spiro atoms. The normalized spacial score (nSPS) is 14.0. The summed E-state index contributed by atoms with van der Waals surface area (Å²) in [4.78, 5) is 11.9. The minimum absolute atomic E-state index is 0.131. The van der Waals surface area contributed by atoms with Crippen molar-refractivity contribution >= 4 is 27.3 Å². The molecule has 1 aliphatic rings. The van der Waals surface area contributed by atoms with Gasteiger partial charge in [-0.2, -0.15) is 13.2 Å². The molecular weight excluding hydrogens is 460 g/mol. The Labute approximate surface area is 187 Å². The number of nitrogens with zero attached hydrogens (tertiary/aromatic N) is 1. The Hall–Kier alpha value is -3.40. The number of aryl methyl sites for hydroxylation is 1. The Kier molecular flexibility index (Phi) is 5.87. The highest BCUT2D eigenvalue weighted by atomic mass is 32.2. The maximum Gasteiger partial charge on any atom is 0.416 e. The van der Waals surface area contributed by atoms with Crippen LogP contribution in [0, 0.1) is 5.82 Å². The Morgan fingerprint density at radius 3 is 2.48 bits per heavy atom. The fraction of sp³-hybridized carbons (Fsp3) is 0.174. The van der Waals surface area contributed by atoms with Crippen LogP contribution in [0.5, 0.6) is 0 Å². The maximum absolute atomic E-state index is 14.6. The van der Waals surface area contributed by atoms with Gasteiger partial charge in [-0.25, -0.2) is 12.8 Å². The van der Waals surface area contributed by atoms with Gasteiger partial charge in [-0.3, -0.25) is 9.10 Å². The van der Waals surface area contributed by atoms with Gasteiger partial charge >= 0.3 is 6.18 Å². The Morgan fingerprint density at radius 1 is 0.970 bits per heavy atom. The fourth-order valence-corrected chi connectivity index (χ4v) is 5.32. The molecule has 0 bridgehead atoms. The average molecular weight is 478 g/mol. The molecule has 1 amide bonds. The van der Waals surface area contributed by atoms with Crippen LogP contribution in [0.15, 0.2) is 71.6 Å². The minimum Gasteiger partial charge on any atom is -0.322 e. The lowest BCUT2D eigenvalue weighted by Crippen LogP contribution is -2.36. The predicted molar refractivity (Wildman–Crippen MR) is 115 cm³/mol. The second-order valence-electron chi connectivity index (χ2n) is 7.49. The third-order valence-corrected chi connectivity index (χ3v) is 7.11. The first-order valence-corrected chi connectivity index (χ1v) is 11.4. The number of fused-ring (bicyclic) bond motifs is 1. The first-order chi connectivity index (χ1) is 15.6. The molecule has 0 aliphatic carbocycles. The number of hydrogen-bond acceptors (Lipinski definition) is 3. The molecule has 0 saturated carbocycles. The molecule has 3 aromatic carbocycles. The van der Waals surface area contributed by atoms with Gasteiger partial charge in [-0.15, -0.1) is 0 Å². The van der Waals surface area contributed by atoms with Gasteiger partial charge in [0, 0.05) is 17.8 Å². The Morgan fingerprint density at radius 2 is 1.73 bits per heavy atom. The second-order valence-corrected chi connectivity index (χ2v) is 9.32. The predicted octanol–water partition coefficient (Wildman–Crippen LogP) is 5.24. The van der Waals surface area contributed by atoms with Gasteiger partial charge < -0.3 is 5.32 Å². The molecule has 0 aromatic heterocycles. The van der Waals surface area contributed by atoms with Crippen LogP contribution in [0.4, 0.5) is 28.9 Å². The Bertz CT molecular complexity index is 1320. The van der Waals surface area contributed by atoms with E-state index in [1.807, 2.05) is 0 Å². The number of nitrogens with one attached hydrogen (secondary N) is 1. The van der Waals surface area contributed by atoms with E-state index in [0.29, 0.717) is 18.5 Å². The number of carbonyl (C=O) groups excluding carboxylic acids is 1. The van der Waals surface area contributed by atoms with Crippen molar-refractivity contribution in [3.63, 3.8) is 0 Å². The SMILES string of the molecule is O=C(Nc1cccc(C(F)(F)F)c1)c1ccc(F)c(S(=O)(=O)N2CCCc3ccccc32)c1. The van der Waals surface area contributed by atoms with E-state index in [0.717, 1.165) is 46.3 Å². The summed E-state index contributed by atoms with van der Waals surface area (Å²) in [6.45, 7) is 0.152. The largest absolute Gasteiger partial charge is 0.416 e. The molecule has 1 heterocycles. The first-order valence-electron chi connectivity index (χ1n) is 9.96. The molecule has 1 aliphatic heterocycles.